The second-order valence-electron chi connectivity index (χ2n) is 8.42. The van der Waals surface area contributed by atoms with Gasteiger partial charge in [0.2, 0.25) is 0 Å². The number of carbonyl (C=O) groups is 2. The van der Waals surface area contributed by atoms with E-state index in [0.29, 0.717) is 6.42 Å². The lowest BCUT2D eigenvalue weighted by atomic mass is 9.77. The highest BCUT2D eigenvalue weighted by Crippen LogP contribution is 2.63. The number of epoxide rings is 1. The molecule has 5 heteroatoms. The second kappa shape index (κ2) is 5.07. The number of ether oxygens (including phenoxy) is 3. The van der Waals surface area contributed by atoms with Crippen LogP contribution in [0.25, 0.3) is 0 Å². The maximum atomic E-state index is 12.3. The summed E-state index contributed by atoms with van der Waals surface area (Å²) in [5.41, 5.74) is 0.883. The third-order valence-electron chi connectivity index (χ3n) is 6.63. The van der Waals surface area contributed by atoms with Gasteiger partial charge in [-0.25, -0.2) is 0 Å². The quantitative estimate of drug-likeness (QED) is 0.441. The van der Waals surface area contributed by atoms with E-state index in [0.717, 1.165) is 12.0 Å². The molecule has 8 atom stereocenters. The van der Waals surface area contributed by atoms with Gasteiger partial charge in [0.15, 0.2) is 0 Å². The molecule has 2 heterocycles. The number of carbonyl (C=O) groups excluding carboxylic acids is 2. The number of rotatable bonds is 2. The first kappa shape index (κ1) is 16.1. The summed E-state index contributed by atoms with van der Waals surface area (Å²) in [5, 5.41) is 0. The van der Waals surface area contributed by atoms with Crippen molar-refractivity contribution in [2.75, 3.05) is 0 Å². The molecule has 2 aliphatic heterocycles. The lowest BCUT2D eigenvalue weighted by molar-refractivity contribution is -0.157. The molecule has 4 aliphatic rings. The molecule has 2 aliphatic carbocycles. The molecule has 5 nitrogen and oxygen atoms in total. The van der Waals surface area contributed by atoms with E-state index in [-0.39, 0.29) is 65.4 Å². The van der Waals surface area contributed by atoms with Gasteiger partial charge < -0.3 is 14.2 Å². The summed E-state index contributed by atoms with van der Waals surface area (Å²) in [4.78, 5) is 24.5. The van der Waals surface area contributed by atoms with Crippen LogP contribution in [0.15, 0.2) is 12.2 Å². The van der Waals surface area contributed by atoms with E-state index in [2.05, 4.69) is 13.5 Å². The molecule has 0 radical (unpaired) electrons. The molecule has 0 unspecified atom stereocenters. The van der Waals surface area contributed by atoms with Crippen LogP contribution in [0, 0.1) is 29.6 Å². The smallest absolute Gasteiger partial charge is 0.309 e. The van der Waals surface area contributed by atoms with E-state index in [1.165, 1.54) is 0 Å². The Hall–Kier alpha value is -1.36. The summed E-state index contributed by atoms with van der Waals surface area (Å²) in [5.74, 6) is -0.591. The van der Waals surface area contributed by atoms with Crippen LogP contribution in [0.2, 0.25) is 0 Å². The first-order valence-electron chi connectivity index (χ1n) is 9.00. The number of fused-ring (bicyclic) bond motifs is 5. The van der Waals surface area contributed by atoms with Crippen molar-refractivity contribution in [1.82, 2.24) is 0 Å². The fourth-order valence-corrected chi connectivity index (χ4v) is 5.16. The van der Waals surface area contributed by atoms with Crippen LogP contribution in [0.1, 0.15) is 40.5 Å². The fourth-order valence-electron chi connectivity index (χ4n) is 5.16. The van der Waals surface area contributed by atoms with Gasteiger partial charge in [0.05, 0.1) is 23.5 Å². The van der Waals surface area contributed by atoms with Crippen molar-refractivity contribution in [2.24, 2.45) is 29.6 Å². The van der Waals surface area contributed by atoms with Crippen LogP contribution in [0.5, 0.6) is 0 Å². The van der Waals surface area contributed by atoms with E-state index >= 15 is 0 Å². The van der Waals surface area contributed by atoms with Gasteiger partial charge in [-0.3, -0.25) is 9.59 Å². The zero-order valence-electron chi connectivity index (χ0n) is 14.8. The van der Waals surface area contributed by atoms with Crippen LogP contribution in [0.4, 0.5) is 0 Å². The molecule has 4 fully saturated rings. The number of hydrogen-bond donors (Lipinski definition) is 0. The highest BCUT2D eigenvalue weighted by Gasteiger charge is 2.72. The van der Waals surface area contributed by atoms with Crippen molar-refractivity contribution in [3.8, 4) is 0 Å². The molecule has 2 saturated heterocycles. The van der Waals surface area contributed by atoms with Gasteiger partial charge in [0.25, 0.3) is 0 Å². The van der Waals surface area contributed by atoms with Gasteiger partial charge in [-0.1, -0.05) is 32.9 Å². The standard InChI is InChI=1S/C19H26O5/c1-8(2)17(20)22-12-6-9(3)11-7-13-19(5,24-13)15(11)16-14(12)10(4)18(21)23-16/h8,10-16H,3,6-7H2,1-2,4-5H3/t10-,11-,12-,13+,14+,15-,16-,19+/m0/s1. The zero-order valence-corrected chi connectivity index (χ0v) is 14.8. The first-order valence-corrected chi connectivity index (χ1v) is 9.00. The Morgan fingerprint density at radius 1 is 1.42 bits per heavy atom. The molecule has 0 aromatic heterocycles. The van der Waals surface area contributed by atoms with Crippen molar-refractivity contribution in [2.45, 2.75) is 64.4 Å². The van der Waals surface area contributed by atoms with Crippen LogP contribution < -0.4 is 0 Å². The van der Waals surface area contributed by atoms with Crippen molar-refractivity contribution >= 4 is 11.9 Å². The van der Waals surface area contributed by atoms with Crippen molar-refractivity contribution in [3.63, 3.8) is 0 Å². The van der Waals surface area contributed by atoms with E-state index in [1.54, 1.807) is 0 Å². The largest absolute Gasteiger partial charge is 0.461 e. The van der Waals surface area contributed by atoms with Crippen molar-refractivity contribution in [3.05, 3.63) is 12.2 Å². The summed E-state index contributed by atoms with van der Waals surface area (Å²) in [6.45, 7) is 11.9. The summed E-state index contributed by atoms with van der Waals surface area (Å²) in [6, 6.07) is 0. The third kappa shape index (κ3) is 2.10. The molecule has 0 aromatic rings. The van der Waals surface area contributed by atoms with E-state index in [4.69, 9.17) is 14.2 Å². The molecule has 0 N–H and O–H groups in total. The third-order valence-corrected chi connectivity index (χ3v) is 6.63. The van der Waals surface area contributed by atoms with Crippen LogP contribution in [-0.2, 0) is 23.8 Å². The van der Waals surface area contributed by atoms with Gasteiger partial charge in [-0.05, 0) is 19.3 Å². The Labute approximate surface area is 142 Å². The molecule has 0 amide bonds. The lowest BCUT2D eigenvalue weighted by Gasteiger charge is -2.32. The van der Waals surface area contributed by atoms with E-state index in [9.17, 15) is 9.59 Å². The molecular formula is C19H26O5. The monoisotopic (exact) mass is 334 g/mol. The van der Waals surface area contributed by atoms with Gasteiger partial charge in [0.1, 0.15) is 12.2 Å². The molecule has 132 valence electrons. The topological polar surface area (TPSA) is 65.1 Å². The van der Waals surface area contributed by atoms with E-state index < -0.39 is 0 Å². The molecule has 0 aromatic carbocycles. The fraction of sp³-hybridized carbons (Fsp3) is 0.789. The number of hydrogen-bond acceptors (Lipinski definition) is 5. The summed E-state index contributed by atoms with van der Waals surface area (Å²) < 4.78 is 17.5. The van der Waals surface area contributed by atoms with Gasteiger partial charge in [0, 0.05) is 18.3 Å². The SMILES string of the molecule is C=C1C[C@H](OC(=O)C(C)C)[C@@H]2[C@H](OC(=O)[C@H]2C)[C@@H]2[C@H]1C[C@H]1O[C@@]21C. The Morgan fingerprint density at radius 3 is 2.79 bits per heavy atom. The summed E-state index contributed by atoms with van der Waals surface area (Å²) in [7, 11) is 0. The van der Waals surface area contributed by atoms with Crippen LogP contribution in [-0.4, -0.2) is 35.9 Å². The maximum absolute atomic E-state index is 12.3. The normalized spacial score (nSPS) is 49.1. The second-order valence-corrected chi connectivity index (χ2v) is 8.42. The molecule has 0 spiro atoms. The highest BCUT2D eigenvalue weighted by molar-refractivity contribution is 5.76. The molecule has 4 rings (SSSR count). The minimum absolute atomic E-state index is 0.119. The molecule has 24 heavy (non-hydrogen) atoms. The van der Waals surface area contributed by atoms with Crippen molar-refractivity contribution < 1.29 is 23.8 Å². The minimum Gasteiger partial charge on any atom is -0.461 e. The predicted octanol–water partition coefficient (Wildman–Crippen LogP) is 2.49. The van der Waals surface area contributed by atoms with Gasteiger partial charge >= 0.3 is 11.9 Å². The highest BCUT2D eigenvalue weighted by atomic mass is 16.6. The van der Waals surface area contributed by atoms with Crippen molar-refractivity contribution in [1.29, 1.82) is 0 Å². The van der Waals surface area contributed by atoms with Crippen LogP contribution >= 0.6 is 0 Å². The van der Waals surface area contributed by atoms with Gasteiger partial charge in [-0.15, -0.1) is 0 Å². The molecule has 2 saturated carbocycles. The zero-order chi connectivity index (χ0) is 17.4. The van der Waals surface area contributed by atoms with E-state index in [1.807, 2.05) is 20.8 Å². The number of esters is 2. The first-order chi connectivity index (χ1) is 11.2. The molecule has 0 bridgehead atoms. The Balaban J connectivity index is 1.69. The maximum Gasteiger partial charge on any atom is 0.309 e. The predicted molar refractivity (Wildman–Crippen MR) is 85.9 cm³/mol. The average Bonchev–Trinajstić information content (AvgIpc) is 2.97. The summed E-state index contributed by atoms with van der Waals surface area (Å²) >= 11 is 0. The lowest BCUT2D eigenvalue weighted by Crippen LogP contribution is -2.42. The van der Waals surface area contributed by atoms with Gasteiger partial charge in [-0.2, -0.15) is 0 Å². The Kier molecular flexibility index (Phi) is 3.41. The molecular weight excluding hydrogens is 308 g/mol. The average molecular weight is 334 g/mol. The van der Waals surface area contributed by atoms with Crippen LogP contribution in [0.3, 0.4) is 0 Å². The Bertz CT molecular complexity index is 611. The summed E-state index contributed by atoms with van der Waals surface area (Å²) in [6.07, 6.45) is 1.20. The Morgan fingerprint density at radius 2 is 2.12 bits per heavy atom. The minimum atomic E-state index is -0.342.